The zero-order valence-corrected chi connectivity index (χ0v) is 28.1. The number of hydrogen-bond donors (Lipinski definition) is 0. The molecular formula is C50H30O2. The van der Waals surface area contributed by atoms with Gasteiger partial charge in [-0.3, -0.25) is 0 Å². The third-order valence-corrected chi connectivity index (χ3v) is 10.7. The molecule has 242 valence electrons. The predicted molar refractivity (Wildman–Crippen MR) is 218 cm³/mol. The summed E-state index contributed by atoms with van der Waals surface area (Å²) in [5.41, 5.74) is 11.8. The summed E-state index contributed by atoms with van der Waals surface area (Å²) < 4.78 is 12.8. The second kappa shape index (κ2) is 11.3. The highest BCUT2D eigenvalue weighted by atomic mass is 16.4. The van der Waals surface area contributed by atoms with Gasteiger partial charge in [-0.1, -0.05) is 146 Å². The average molecular weight is 663 g/mol. The van der Waals surface area contributed by atoms with Gasteiger partial charge in [0.15, 0.2) is 11.2 Å². The minimum atomic E-state index is 0.778. The smallest absolute Gasteiger partial charge is 0.178 e. The number of hydrogen-bond acceptors (Lipinski definition) is 2. The van der Waals surface area contributed by atoms with Crippen LogP contribution in [0.2, 0.25) is 0 Å². The summed E-state index contributed by atoms with van der Waals surface area (Å²) in [7, 11) is 0. The molecule has 11 aromatic rings. The van der Waals surface area contributed by atoms with E-state index >= 15 is 0 Å². The van der Waals surface area contributed by atoms with Gasteiger partial charge in [-0.05, 0) is 102 Å². The van der Waals surface area contributed by atoms with Crippen molar-refractivity contribution in [1.29, 1.82) is 0 Å². The highest BCUT2D eigenvalue weighted by molar-refractivity contribution is 6.21. The molecule has 2 heterocycles. The molecule has 11 rings (SSSR count). The zero-order valence-electron chi connectivity index (χ0n) is 28.1. The molecule has 0 saturated heterocycles. The molecule has 0 fully saturated rings. The largest absolute Gasteiger partial charge is 0.460 e. The van der Waals surface area contributed by atoms with Crippen LogP contribution < -0.4 is 0 Å². The molecule has 0 aliphatic carbocycles. The van der Waals surface area contributed by atoms with Gasteiger partial charge in [0.2, 0.25) is 0 Å². The molecule has 0 radical (unpaired) electrons. The molecule has 0 bridgehead atoms. The molecule has 0 aliphatic heterocycles. The SMILES string of the molecule is c1ccc(-c2c3ccccc3c(-c3ccc(-c4ccc5c(c4)oc4c5ccc5c(-c6ccc7ccccc7c6)coc54)cc3)c3ccccc23)cc1. The Labute approximate surface area is 299 Å². The Bertz CT molecular complexity index is 3100. The molecule has 0 unspecified atom stereocenters. The van der Waals surface area contributed by atoms with Crippen LogP contribution in [0.4, 0.5) is 0 Å². The summed E-state index contributed by atoms with van der Waals surface area (Å²) in [5.74, 6) is 0. The van der Waals surface area contributed by atoms with E-state index in [4.69, 9.17) is 8.83 Å². The van der Waals surface area contributed by atoms with Gasteiger partial charge in [-0.2, -0.15) is 0 Å². The van der Waals surface area contributed by atoms with Crippen LogP contribution in [0.5, 0.6) is 0 Å². The Morgan fingerprint density at radius 2 is 0.846 bits per heavy atom. The normalized spacial score (nSPS) is 11.8. The highest BCUT2D eigenvalue weighted by Gasteiger charge is 2.19. The fourth-order valence-electron chi connectivity index (χ4n) is 8.27. The van der Waals surface area contributed by atoms with E-state index < -0.39 is 0 Å². The number of fused-ring (bicyclic) bond motifs is 8. The van der Waals surface area contributed by atoms with Gasteiger partial charge in [0.25, 0.3) is 0 Å². The minimum absolute atomic E-state index is 0.778. The Kier molecular flexibility index (Phi) is 6.28. The average Bonchev–Trinajstić information content (AvgIpc) is 3.82. The minimum Gasteiger partial charge on any atom is -0.460 e. The van der Waals surface area contributed by atoms with Crippen LogP contribution in [0.15, 0.2) is 191 Å². The molecule has 0 aliphatic rings. The van der Waals surface area contributed by atoms with Crippen molar-refractivity contribution in [2.75, 3.05) is 0 Å². The van der Waals surface area contributed by atoms with E-state index in [0.29, 0.717) is 0 Å². The van der Waals surface area contributed by atoms with Crippen LogP contribution in [0.1, 0.15) is 0 Å². The maximum absolute atomic E-state index is 6.59. The lowest BCUT2D eigenvalue weighted by Crippen LogP contribution is -1.90. The molecule has 0 N–H and O–H groups in total. The second-order valence-electron chi connectivity index (χ2n) is 13.6. The van der Waals surface area contributed by atoms with Crippen molar-refractivity contribution < 1.29 is 8.83 Å². The van der Waals surface area contributed by atoms with E-state index in [9.17, 15) is 0 Å². The lowest BCUT2D eigenvalue weighted by atomic mass is 9.86. The van der Waals surface area contributed by atoms with Crippen molar-refractivity contribution >= 4 is 65.2 Å². The molecule has 2 heteroatoms. The maximum atomic E-state index is 6.59. The Hall–Kier alpha value is -6.90. The van der Waals surface area contributed by atoms with Crippen molar-refractivity contribution in [3.8, 4) is 44.5 Å². The van der Waals surface area contributed by atoms with Crippen LogP contribution >= 0.6 is 0 Å². The molecule has 2 aromatic heterocycles. The highest BCUT2D eigenvalue weighted by Crippen LogP contribution is 2.44. The molecule has 52 heavy (non-hydrogen) atoms. The van der Waals surface area contributed by atoms with Crippen molar-refractivity contribution in [2.45, 2.75) is 0 Å². The molecular weight excluding hydrogens is 633 g/mol. The van der Waals surface area contributed by atoms with Crippen molar-refractivity contribution in [3.63, 3.8) is 0 Å². The first-order chi connectivity index (χ1) is 25.8. The molecule has 0 saturated carbocycles. The van der Waals surface area contributed by atoms with Crippen LogP contribution in [0, 0.1) is 0 Å². The summed E-state index contributed by atoms with van der Waals surface area (Å²) in [6.07, 6.45) is 1.86. The lowest BCUT2D eigenvalue weighted by molar-refractivity contribution is 0.600. The zero-order chi connectivity index (χ0) is 34.2. The molecule has 0 atom stereocenters. The van der Waals surface area contributed by atoms with Gasteiger partial charge in [0.05, 0.1) is 6.26 Å². The van der Waals surface area contributed by atoms with Gasteiger partial charge < -0.3 is 8.83 Å². The quantitative estimate of drug-likeness (QED) is 0.175. The molecule has 2 nitrogen and oxygen atoms in total. The first-order valence-electron chi connectivity index (χ1n) is 17.7. The predicted octanol–water partition coefficient (Wildman–Crippen LogP) is 14.5. The third-order valence-electron chi connectivity index (χ3n) is 10.7. The fourth-order valence-corrected chi connectivity index (χ4v) is 8.27. The van der Waals surface area contributed by atoms with Gasteiger partial charge in [-0.15, -0.1) is 0 Å². The first kappa shape index (κ1) is 28.9. The maximum Gasteiger partial charge on any atom is 0.178 e. The molecule has 0 spiro atoms. The molecule has 9 aromatic carbocycles. The van der Waals surface area contributed by atoms with Crippen LogP contribution in [-0.2, 0) is 0 Å². The fraction of sp³-hybridized carbons (Fsp3) is 0. The standard InChI is InChI=1S/C50H30O2/c1-2-11-33(12-3-1)47-39-14-6-8-16-41(39)48(42-17-9-7-15-40(42)47)34-21-18-32(19-22-34)36-24-25-38-43-26-27-44-45(30-51-49(44)50(43)52-46(38)29-36)37-23-20-31-10-4-5-13-35(31)28-37/h1-30H. The van der Waals surface area contributed by atoms with E-state index in [1.807, 2.05) is 6.26 Å². The Morgan fingerprint density at radius 1 is 0.308 bits per heavy atom. The van der Waals surface area contributed by atoms with Gasteiger partial charge in [0, 0.05) is 21.7 Å². The number of benzene rings is 9. The monoisotopic (exact) mass is 662 g/mol. The summed E-state index contributed by atoms with van der Waals surface area (Å²) in [4.78, 5) is 0. The Balaban J connectivity index is 0.999. The number of rotatable bonds is 4. The second-order valence-corrected chi connectivity index (χ2v) is 13.6. The third kappa shape index (κ3) is 4.38. The van der Waals surface area contributed by atoms with Gasteiger partial charge in [-0.25, -0.2) is 0 Å². The van der Waals surface area contributed by atoms with Gasteiger partial charge >= 0.3 is 0 Å². The van der Waals surface area contributed by atoms with E-state index in [1.54, 1.807) is 0 Å². The van der Waals surface area contributed by atoms with Gasteiger partial charge in [0.1, 0.15) is 5.58 Å². The van der Waals surface area contributed by atoms with E-state index in [1.165, 1.54) is 54.6 Å². The van der Waals surface area contributed by atoms with Crippen LogP contribution in [0.25, 0.3) is 110 Å². The van der Waals surface area contributed by atoms with E-state index in [2.05, 4.69) is 176 Å². The van der Waals surface area contributed by atoms with Crippen LogP contribution in [0.3, 0.4) is 0 Å². The van der Waals surface area contributed by atoms with Crippen molar-refractivity contribution in [2.24, 2.45) is 0 Å². The summed E-state index contributed by atoms with van der Waals surface area (Å²) in [5, 5.41) is 10.7. The van der Waals surface area contributed by atoms with Crippen molar-refractivity contribution in [1.82, 2.24) is 0 Å². The number of furan rings is 2. The van der Waals surface area contributed by atoms with E-state index in [-0.39, 0.29) is 0 Å². The van der Waals surface area contributed by atoms with Crippen molar-refractivity contribution in [3.05, 3.63) is 182 Å². The van der Waals surface area contributed by atoms with Crippen LogP contribution in [-0.4, -0.2) is 0 Å². The van der Waals surface area contributed by atoms with E-state index in [0.717, 1.165) is 55.2 Å². The first-order valence-corrected chi connectivity index (χ1v) is 17.7. The summed E-state index contributed by atoms with van der Waals surface area (Å²) >= 11 is 0. The summed E-state index contributed by atoms with van der Waals surface area (Å²) in [6, 6.07) is 63.2. The molecule has 0 amide bonds. The summed E-state index contributed by atoms with van der Waals surface area (Å²) in [6.45, 7) is 0. The topological polar surface area (TPSA) is 26.3 Å². The lowest BCUT2D eigenvalue weighted by Gasteiger charge is -2.18. The Morgan fingerprint density at radius 3 is 1.56 bits per heavy atom.